The Morgan fingerprint density at radius 1 is 1.15 bits per heavy atom. The van der Waals surface area contributed by atoms with Crippen molar-refractivity contribution in [2.24, 2.45) is 0 Å². The third-order valence-electron chi connectivity index (χ3n) is 2.91. The van der Waals surface area contributed by atoms with Crippen molar-refractivity contribution >= 4 is 32.9 Å². The molecule has 3 nitrogen and oxygen atoms in total. The van der Waals surface area contributed by atoms with Crippen LogP contribution in [0.15, 0.2) is 40.9 Å². The quantitative estimate of drug-likeness (QED) is 0.751. The molecule has 0 saturated carbocycles. The van der Waals surface area contributed by atoms with Crippen molar-refractivity contribution < 1.29 is 8.78 Å². The number of nitrogens with zero attached hydrogens (tertiary/aromatic N) is 1. The molecule has 0 amide bonds. The Morgan fingerprint density at radius 3 is 2.80 bits per heavy atom. The van der Waals surface area contributed by atoms with Crippen LogP contribution in [0.25, 0.3) is 11.0 Å². The Balaban J connectivity index is 1.79. The van der Waals surface area contributed by atoms with Gasteiger partial charge in [-0.25, -0.2) is 13.8 Å². The summed E-state index contributed by atoms with van der Waals surface area (Å²) in [5, 5.41) is 2.99. The molecule has 0 bridgehead atoms. The first-order chi connectivity index (χ1) is 9.61. The third-order valence-corrected chi connectivity index (χ3v) is 3.40. The van der Waals surface area contributed by atoms with Gasteiger partial charge in [-0.1, -0.05) is 22.0 Å². The summed E-state index contributed by atoms with van der Waals surface area (Å²) in [5.41, 5.74) is 2.07. The Hall–Kier alpha value is -1.95. The number of hydrogen-bond donors (Lipinski definition) is 2. The maximum absolute atomic E-state index is 13.5. The van der Waals surface area contributed by atoms with Crippen molar-refractivity contribution in [1.29, 1.82) is 0 Å². The van der Waals surface area contributed by atoms with E-state index >= 15 is 0 Å². The minimum absolute atomic E-state index is 0.229. The number of imidazole rings is 1. The topological polar surface area (TPSA) is 40.7 Å². The molecular formula is C14H10BrF2N3. The number of anilines is 1. The highest BCUT2D eigenvalue weighted by molar-refractivity contribution is 9.10. The van der Waals surface area contributed by atoms with Crippen molar-refractivity contribution in [1.82, 2.24) is 9.97 Å². The molecule has 0 saturated heterocycles. The number of aromatic amines is 1. The fraction of sp³-hybridized carbons (Fsp3) is 0.0714. The van der Waals surface area contributed by atoms with Crippen molar-refractivity contribution in [2.45, 2.75) is 6.54 Å². The van der Waals surface area contributed by atoms with Gasteiger partial charge < -0.3 is 10.3 Å². The van der Waals surface area contributed by atoms with Crippen molar-refractivity contribution in [3.63, 3.8) is 0 Å². The molecule has 0 unspecified atom stereocenters. The number of rotatable bonds is 3. The molecule has 2 aromatic carbocycles. The van der Waals surface area contributed by atoms with Crippen molar-refractivity contribution in [3.05, 3.63) is 58.1 Å². The molecule has 3 aromatic rings. The third kappa shape index (κ3) is 2.65. The largest absolute Gasteiger partial charge is 0.352 e. The van der Waals surface area contributed by atoms with Gasteiger partial charge in [-0.3, -0.25) is 0 Å². The monoisotopic (exact) mass is 337 g/mol. The number of halogens is 3. The summed E-state index contributed by atoms with van der Waals surface area (Å²) in [7, 11) is 0. The lowest BCUT2D eigenvalue weighted by Gasteiger charge is -2.04. The van der Waals surface area contributed by atoms with Gasteiger partial charge in [0.1, 0.15) is 11.6 Å². The predicted molar refractivity (Wildman–Crippen MR) is 77.5 cm³/mol. The Labute approximate surface area is 122 Å². The minimum atomic E-state index is -0.583. The second kappa shape index (κ2) is 5.20. The van der Waals surface area contributed by atoms with Crippen molar-refractivity contribution in [2.75, 3.05) is 5.32 Å². The molecule has 0 aliphatic heterocycles. The molecule has 0 aliphatic carbocycles. The lowest BCUT2D eigenvalue weighted by Crippen LogP contribution is -2.03. The van der Waals surface area contributed by atoms with E-state index in [9.17, 15) is 8.78 Å². The van der Waals surface area contributed by atoms with Crippen LogP contribution in [0.5, 0.6) is 0 Å². The average Bonchev–Trinajstić information content (AvgIpc) is 2.79. The maximum Gasteiger partial charge on any atom is 0.201 e. The number of H-pyrrole nitrogens is 1. The number of hydrogen-bond acceptors (Lipinski definition) is 2. The molecule has 2 N–H and O–H groups in total. The fourth-order valence-corrected chi connectivity index (χ4v) is 2.27. The summed E-state index contributed by atoms with van der Waals surface area (Å²) in [5.74, 6) is -0.613. The van der Waals surface area contributed by atoms with Gasteiger partial charge in [-0.15, -0.1) is 0 Å². The first-order valence-electron chi connectivity index (χ1n) is 5.95. The van der Waals surface area contributed by atoms with Crippen LogP contribution in [0.3, 0.4) is 0 Å². The van der Waals surface area contributed by atoms with E-state index in [1.54, 1.807) is 0 Å². The molecule has 102 valence electrons. The molecule has 0 aliphatic rings. The normalized spacial score (nSPS) is 10.9. The van der Waals surface area contributed by atoms with Crippen LogP contribution >= 0.6 is 15.9 Å². The van der Waals surface area contributed by atoms with E-state index in [1.807, 2.05) is 18.2 Å². The molecule has 20 heavy (non-hydrogen) atoms. The van der Waals surface area contributed by atoms with Crippen LogP contribution in [0.4, 0.5) is 14.7 Å². The zero-order valence-corrected chi connectivity index (χ0v) is 11.8. The molecule has 1 aromatic heterocycles. The first-order valence-corrected chi connectivity index (χ1v) is 6.74. The van der Waals surface area contributed by atoms with Crippen LogP contribution in [0.2, 0.25) is 0 Å². The lowest BCUT2D eigenvalue weighted by molar-refractivity contribution is 0.574. The number of benzene rings is 2. The van der Waals surface area contributed by atoms with Crippen LogP contribution in [-0.4, -0.2) is 9.97 Å². The van der Waals surface area contributed by atoms with Crippen LogP contribution in [-0.2, 0) is 6.54 Å². The number of fused-ring (bicyclic) bond motifs is 1. The number of nitrogens with one attached hydrogen (secondary N) is 2. The number of aromatic nitrogens is 2. The molecule has 0 radical (unpaired) electrons. The predicted octanol–water partition coefficient (Wildman–Crippen LogP) is 4.22. The van der Waals surface area contributed by atoms with Gasteiger partial charge in [0, 0.05) is 22.6 Å². The summed E-state index contributed by atoms with van der Waals surface area (Å²) in [6.07, 6.45) is 0. The van der Waals surface area contributed by atoms with E-state index in [-0.39, 0.29) is 6.54 Å². The van der Waals surface area contributed by atoms with E-state index in [0.717, 1.165) is 21.6 Å². The van der Waals surface area contributed by atoms with Gasteiger partial charge in [-0.05, 0) is 24.3 Å². The molecule has 3 rings (SSSR count). The smallest absolute Gasteiger partial charge is 0.201 e. The van der Waals surface area contributed by atoms with Crippen LogP contribution in [0.1, 0.15) is 5.56 Å². The molecule has 0 fully saturated rings. The van der Waals surface area contributed by atoms with Gasteiger partial charge in [0.25, 0.3) is 0 Å². The Kier molecular flexibility index (Phi) is 3.40. The van der Waals surface area contributed by atoms with E-state index in [0.29, 0.717) is 11.5 Å². The highest BCUT2D eigenvalue weighted by Crippen LogP contribution is 2.20. The summed E-state index contributed by atoms with van der Waals surface area (Å²) < 4.78 is 27.2. The summed E-state index contributed by atoms with van der Waals surface area (Å²) in [6, 6.07) is 9.19. The lowest BCUT2D eigenvalue weighted by atomic mass is 10.2. The zero-order chi connectivity index (χ0) is 14.1. The van der Waals surface area contributed by atoms with E-state index in [2.05, 4.69) is 31.2 Å². The van der Waals surface area contributed by atoms with Crippen molar-refractivity contribution in [3.8, 4) is 0 Å². The maximum atomic E-state index is 13.5. The zero-order valence-electron chi connectivity index (χ0n) is 10.3. The molecule has 0 atom stereocenters. The second-order valence-corrected chi connectivity index (χ2v) is 5.25. The van der Waals surface area contributed by atoms with E-state index in [1.165, 1.54) is 12.1 Å². The molecule has 6 heteroatoms. The van der Waals surface area contributed by atoms with E-state index < -0.39 is 11.6 Å². The molecule has 1 heterocycles. The van der Waals surface area contributed by atoms with Gasteiger partial charge >= 0.3 is 0 Å². The van der Waals surface area contributed by atoms with Gasteiger partial charge in [0.15, 0.2) is 0 Å². The SMILES string of the molecule is Fc1ccc(CNc2nc3ccc(Br)cc3[nH]2)c(F)c1. The summed E-state index contributed by atoms with van der Waals surface area (Å²) >= 11 is 3.38. The average molecular weight is 338 g/mol. The summed E-state index contributed by atoms with van der Waals surface area (Å²) in [6.45, 7) is 0.229. The van der Waals surface area contributed by atoms with Crippen LogP contribution < -0.4 is 5.32 Å². The fourth-order valence-electron chi connectivity index (χ4n) is 1.91. The Bertz CT molecular complexity index is 770. The van der Waals surface area contributed by atoms with Gasteiger partial charge in [0.2, 0.25) is 5.95 Å². The van der Waals surface area contributed by atoms with Crippen LogP contribution in [0, 0.1) is 11.6 Å². The van der Waals surface area contributed by atoms with Gasteiger partial charge in [0.05, 0.1) is 11.0 Å². The summed E-state index contributed by atoms with van der Waals surface area (Å²) in [4.78, 5) is 7.42. The Morgan fingerprint density at radius 2 is 2.00 bits per heavy atom. The highest BCUT2D eigenvalue weighted by Gasteiger charge is 2.06. The van der Waals surface area contributed by atoms with Gasteiger partial charge in [-0.2, -0.15) is 0 Å². The second-order valence-electron chi connectivity index (χ2n) is 4.34. The minimum Gasteiger partial charge on any atom is -0.352 e. The highest BCUT2D eigenvalue weighted by atomic mass is 79.9. The standard InChI is InChI=1S/C14H10BrF2N3/c15-9-2-4-12-13(5-9)20-14(19-12)18-7-8-1-3-10(16)6-11(8)17/h1-6H,7H2,(H2,18,19,20). The molecule has 0 spiro atoms. The van der Waals surface area contributed by atoms with E-state index in [4.69, 9.17) is 0 Å². The first kappa shape index (κ1) is 13.1. The molecular weight excluding hydrogens is 328 g/mol.